The van der Waals surface area contributed by atoms with Gasteiger partial charge in [-0.2, -0.15) is 11.8 Å². The number of nitrogens with zero attached hydrogens (tertiary/aromatic N) is 1. The summed E-state index contributed by atoms with van der Waals surface area (Å²) in [5.74, 6) is 6.37. The van der Waals surface area contributed by atoms with Gasteiger partial charge < -0.3 is 10.7 Å². The van der Waals surface area contributed by atoms with Gasteiger partial charge in [0, 0.05) is 6.54 Å². The Morgan fingerprint density at radius 3 is 2.72 bits per heavy atom. The second-order valence-electron chi connectivity index (χ2n) is 3.73. The molecule has 0 saturated heterocycles. The van der Waals surface area contributed by atoms with Gasteiger partial charge in [0.1, 0.15) is 11.4 Å². The van der Waals surface area contributed by atoms with E-state index in [0.29, 0.717) is 11.4 Å². The monoisotopic (exact) mass is 270 g/mol. The van der Waals surface area contributed by atoms with E-state index in [0.717, 1.165) is 25.1 Å². The fourth-order valence-electron chi connectivity index (χ4n) is 1.59. The van der Waals surface area contributed by atoms with Crippen LogP contribution in [0.1, 0.15) is 12.8 Å². The first kappa shape index (κ1) is 14.6. The van der Waals surface area contributed by atoms with Crippen LogP contribution in [0.4, 0.5) is 17.1 Å². The van der Waals surface area contributed by atoms with Crippen molar-refractivity contribution >= 4 is 28.8 Å². The molecule has 0 radical (unpaired) electrons. The van der Waals surface area contributed by atoms with Crippen LogP contribution in [-0.2, 0) is 0 Å². The number of nitrogen functional groups attached to an aromatic ring is 1. The molecule has 0 spiro atoms. The van der Waals surface area contributed by atoms with Gasteiger partial charge in [0.15, 0.2) is 0 Å². The molecule has 1 aromatic carbocycles. The van der Waals surface area contributed by atoms with Gasteiger partial charge in [0.25, 0.3) is 0 Å². The first-order chi connectivity index (χ1) is 8.70. The molecule has 1 rings (SSSR count). The third kappa shape index (κ3) is 4.08. The van der Waals surface area contributed by atoms with Crippen LogP contribution in [0.2, 0.25) is 0 Å². The van der Waals surface area contributed by atoms with Crippen molar-refractivity contribution in [3.8, 4) is 0 Å². The van der Waals surface area contributed by atoms with Gasteiger partial charge in [-0.1, -0.05) is 6.07 Å². The standard InChI is InChI=1S/C11H18N4O2S/c1-18-8-3-2-7-13-9-5-4-6-10(14-12)11(9)15(16)17/h4-6,13-14H,2-3,7-8,12H2,1H3. The third-order valence-corrected chi connectivity index (χ3v) is 3.16. The molecule has 0 aliphatic carbocycles. The van der Waals surface area contributed by atoms with E-state index in [1.54, 1.807) is 30.0 Å². The van der Waals surface area contributed by atoms with Gasteiger partial charge in [0.05, 0.1) is 4.92 Å². The van der Waals surface area contributed by atoms with Crippen molar-refractivity contribution in [2.45, 2.75) is 12.8 Å². The second-order valence-corrected chi connectivity index (χ2v) is 4.72. The smallest absolute Gasteiger partial charge is 0.316 e. The quantitative estimate of drug-likeness (QED) is 0.291. The van der Waals surface area contributed by atoms with Crippen molar-refractivity contribution < 1.29 is 4.92 Å². The number of hydrazine groups is 1. The van der Waals surface area contributed by atoms with Crippen molar-refractivity contribution in [3.05, 3.63) is 28.3 Å². The highest BCUT2D eigenvalue weighted by molar-refractivity contribution is 7.98. The SMILES string of the molecule is CSCCCCNc1cccc(NN)c1[N+](=O)[O-]. The number of anilines is 2. The summed E-state index contributed by atoms with van der Waals surface area (Å²) >= 11 is 1.80. The number of unbranched alkanes of at least 4 members (excludes halogenated alkanes) is 1. The molecule has 4 N–H and O–H groups in total. The number of nitrogens with one attached hydrogen (secondary N) is 2. The number of rotatable bonds is 8. The van der Waals surface area contributed by atoms with Crippen molar-refractivity contribution in [1.82, 2.24) is 0 Å². The van der Waals surface area contributed by atoms with Crippen LogP contribution < -0.4 is 16.6 Å². The van der Waals surface area contributed by atoms with Crippen molar-refractivity contribution in [3.63, 3.8) is 0 Å². The highest BCUT2D eigenvalue weighted by atomic mass is 32.2. The van der Waals surface area contributed by atoms with Gasteiger partial charge in [-0.05, 0) is 37.0 Å². The summed E-state index contributed by atoms with van der Waals surface area (Å²) < 4.78 is 0. The van der Waals surface area contributed by atoms with Crippen LogP contribution in [0.15, 0.2) is 18.2 Å². The number of hydrogen-bond acceptors (Lipinski definition) is 6. The maximum atomic E-state index is 11.0. The predicted octanol–water partition coefficient (Wildman–Crippen LogP) is 2.44. The zero-order valence-corrected chi connectivity index (χ0v) is 11.1. The van der Waals surface area contributed by atoms with E-state index in [-0.39, 0.29) is 5.69 Å². The van der Waals surface area contributed by atoms with E-state index in [4.69, 9.17) is 5.84 Å². The molecule has 100 valence electrons. The molecule has 0 aromatic heterocycles. The summed E-state index contributed by atoms with van der Waals surface area (Å²) in [4.78, 5) is 10.6. The van der Waals surface area contributed by atoms with Crippen LogP contribution in [-0.4, -0.2) is 23.5 Å². The second kappa shape index (κ2) is 7.78. The average Bonchev–Trinajstić information content (AvgIpc) is 2.37. The fourth-order valence-corrected chi connectivity index (χ4v) is 2.09. The zero-order chi connectivity index (χ0) is 13.4. The van der Waals surface area contributed by atoms with Gasteiger partial charge in [0.2, 0.25) is 0 Å². The molecular formula is C11H18N4O2S. The molecule has 0 fully saturated rings. The van der Waals surface area contributed by atoms with E-state index >= 15 is 0 Å². The van der Waals surface area contributed by atoms with Crippen LogP contribution >= 0.6 is 11.8 Å². The minimum Gasteiger partial charge on any atom is -0.379 e. The minimum atomic E-state index is -0.431. The highest BCUT2D eigenvalue weighted by Crippen LogP contribution is 2.31. The zero-order valence-electron chi connectivity index (χ0n) is 10.3. The summed E-state index contributed by atoms with van der Waals surface area (Å²) in [6, 6.07) is 5.00. The number of para-hydroxylation sites is 1. The minimum absolute atomic E-state index is 0.00938. The molecule has 0 aliphatic rings. The Morgan fingerprint density at radius 2 is 2.11 bits per heavy atom. The van der Waals surface area contributed by atoms with Crippen molar-refractivity contribution in [2.24, 2.45) is 5.84 Å². The molecule has 18 heavy (non-hydrogen) atoms. The first-order valence-electron chi connectivity index (χ1n) is 5.67. The summed E-state index contributed by atoms with van der Waals surface area (Å²) in [7, 11) is 0. The number of nitro groups is 1. The average molecular weight is 270 g/mol. The maximum Gasteiger partial charge on any atom is 0.316 e. The molecular weight excluding hydrogens is 252 g/mol. The number of benzene rings is 1. The number of hydrogen-bond donors (Lipinski definition) is 3. The molecule has 0 unspecified atom stereocenters. The van der Waals surface area contributed by atoms with Crippen LogP contribution in [0, 0.1) is 10.1 Å². The normalized spacial score (nSPS) is 10.1. The summed E-state index contributed by atoms with van der Waals surface area (Å²) in [6.45, 7) is 0.718. The Bertz CT molecular complexity index is 401. The molecule has 0 saturated carbocycles. The first-order valence-corrected chi connectivity index (χ1v) is 7.07. The summed E-state index contributed by atoms with van der Waals surface area (Å²) in [6.07, 6.45) is 4.14. The molecule has 7 heteroatoms. The Kier molecular flexibility index (Phi) is 6.31. The lowest BCUT2D eigenvalue weighted by Gasteiger charge is -2.09. The molecule has 0 aliphatic heterocycles. The lowest BCUT2D eigenvalue weighted by Crippen LogP contribution is -2.11. The lowest BCUT2D eigenvalue weighted by molar-refractivity contribution is -0.383. The van der Waals surface area contributed by atoms with Crippen LogP contribution in [0.5, 0.6) is 0 Å². The van der Waals surface area contributed by atoms with E-state index < -0.39 is 4.92 Å². The molecule has 6 nitrogen and oxygen atoms in total. The molecule has 0 bridgehead atoms. The van der Waals surface area contributed by atoms with Crippen molar-refractivity contribution in [1.29, 1.82) is 0 Å². The molecule has 0 amide bonds. The van der Waals surface area contributed by atoms with E-state index in [2.05, 4.69) is 17.0 Å². The van der Waals surface area contributed by atoms with Gasteiger partial charge in [-0.25, -0.2) is 0 Å². The summed E-state index contributed by atoms with van der Waals surface area (Å²) in [5, 5.41) is 14.1. The Hall–Kier alpha value is -1.47. The summed E-state index contributed by atoms with van der Waals surface area (Å²) in [5.41, 5.74) is 3.15. The van der Waals surface area contributed by atoms with Crippen LogP contribution in [0.3, 0.4) is 0 Å². The van der Waals surface area contributed by atoms with Gasteiger partial charge in [-0.3, -0.25) is 16.0 Å². The Balaban J connectivity index is 2.67. The highest BCUT2D eigenvalue weighted by Gasteiger charge is 2.18. The van der Waals surface area contributed by atoms with E-state index in [9.17, 15) is 10.1 Å². The van der Waals surface area contributed by atoms with E-state index in [1.165, 1.54) is 0 Å². The molecule has 0 heterocycles. The lowest BCUT2D eigenvalue weighted by atomic mass is 10.2. The van der Waals surface area contributed by atoms with E-state index in [1.807, 2.05) is 0 Å². The van der Waals surface area contributed by atoms with Crippen molar-refractivity contribution in [2.75, 3.05) is 29.3 Å². The predicted molar refractivity (Wildman–Crippen MR) is 77.0 cm³/mol. The fraction of sp³-hybridized carbons (Fsp3) is 0.455. The molecule has 0 atom stereocenters. The Morgan fingerprint density at radius 1 is 1.39 bits per heavy atom. The van der Waals surface area contributed by atoms with Gasteiger partial charge >= 0.3 is 5.69 Å². The number of nitro benzene ring substituents is 1. The van der Waals surface area contributed by atoms with Crippen LogP contribution in [0.25, 0.3) is 0 Å². The largest absolute Gasteiger partial charge is 0.379 e. The maximum absolute atomic E-state index is 11.0. The molecule has 1 aromatic rings. The topological polar surface area (TPSA) is 93.2 Å². The van der Waals surface area contributed by atoms with Gasteiger partial charge in [-0.15, -0.1) is 0 Å². The Labute approximate surface area is 110 Å². The number of nitrogens with two attached hydrogens (primary N) is 1. The third-order valence-electron chi connectivity index (χ3n) is 2.46. The number of thioether (sulfide) groups is 1.